The lowest BCUT2D eigenvalue weighted by molar-refractivity contribution is 0.0698. The summed E-state index contributed by atoms with van der Waals surface area (Å²) in [6.45, 7) is 0. The molecule has 3 N–H and O–H groups in total. The van der Waals surface area contributed by atoms with E-state index in [0.29, 0.717) is 5.69 Å². The van der Waals surface area contributed by atoms with Crippen LogP contribution in [-0.2, 0) is 0 Å². The molecule has 0 saturated carbocycles. The molecule has 0 unspecified atom stereocenters. The number of rotatable bonds is 1. The molecular formula is C7H7NO2. The van der Waals surface area contributed by atoms with Gasteiger partial charge in [0.25, 0.3) is 0 Å². The number of hydrogen-bond donors (Lipinski definition) is 2. The molecule has 3 heteroatoms. The quantitative estimate of drug-likeness (QED) is 0.570. The molecule has 10 heavy (non-hydrogen) atoms. The van der Waals surface area contributed by atoms with Crippen LogP contribution < -0.4 is 5.73 Å². The lowest BCUT2D eigenvalue weighted by Gasteiger charge is -1.96. The average Bonchev–Trinajstić information content (AvgIpc) is 1.88. The highest BCUT2D eigenvalue weighted by molar-refractivity contribution is 5.93. The van der Waals surface area contributed by atoms with Gasteiger partial charge in [-0.15, -0.1) is 0 Å². The molecule has 0 radical (unpaired) electrons. The Balaban J connectivity index is 3.15. The van der Waals surface area contributed by atoms with Crippen molar-refractivity contribution in [1.29, 1.82) is 0 Å². The van der Waals surface area contributed by atoms with Gasteiger partial charge in [0.1, 0.15) is 0 Å². The molecule has 52 valence electrons. The monoisotopic (exact) mass is 139 g/mol. The molecule has 0 amide bonds. The van der Waals surface area contributed by atoms with Gasteiger partial charge in [-0.05, 0) is 12.1 Å². The van der Waals surface area contributed by atoms with Crippen molar-refractivity contribution in [3.8, 4) is 0 Å². The molecular weight excluding hydrogens is 132 g/mol. The third kappa shape index (κ3) is 1.07. The Kier molecular flexibility index (Phi) is 1.58. The highest BCUT2D eigenvalue weighted by Crippen LogP contribution is 2.08. The standard InChI is InChI=1S/C7H7NO2/c8-6-4-2-1-3-5(6)7(9)10/h1-4H,8H2,(H,9,10)/i7+2. The summed E-state index contributed by atoms with van der Waals surface area (Å²) < 4.78 is 0. The van der Waals surface area contributed by atoms with Crippen LogP contribution in [0.4, 0.5) is 5.69 Å². The summed E-state index contributed by atoms with van der Waals surface area (Å²) in [6.07, 6.45) is 0. The molecule has 1 aromatic carbocycles. The van der Waals surface area contributed by atoms with Crippen molar-refractivity contribution in [2.45, 2.75) is 0 Å². The first kappa shape index (κ1) is 6.61. The highest BCUT2D eigenvalue weighted by atomic mass is 16.6. The fourth-order valence-corrected chi connectivity index (χ4v) is 0.692. The number of nitrogens with two attached hydrogens (primary N) is 1. The van der Waals surface area contributed by atoms with Crippen LogP contribution in [0.25, 0.3) is 0 Å². The molecule has 0 aliphatic rings. The van der Waals surface area contributed by atoms with E-state index in [9.17, 15) is 4.79 Å². The van der Waals surface area contributed by atoms with Crippen LogP contribution in [0.5, 0.6) is 0 Å². The van der Waals surface area contributed by atoms with E-state index < -0.39 is 5.97 Å². The number of carboxylic acid groups (broad SMARTS) is 1. The second kappa shape index (κ2) is 2.39. The molecule has 0 aromatic heterocycles. The maximum Gasteiger partial charge on any atom is 0.337 e. The topological polar surface area (TPSA) is 63.3 Å². The smallest absolute Gasteiger partial charge is 0.337 e. The van der Waals surface area contributed by atoms with Crippen molar-refractivity contribution in [3.63, 3.8) is 0 Å². The number of carbonyl (C=O) groups is 1. The summed E-state index contributed by atoms with van der Waals surface area (Å²) in [5.41, 5.74) is 5.80. The molecule has 0 aliphatic heterocycles. The van der Waals surface area contributed by atoms with Gasteiger partial charge in [0.05, 0.1) is 5.56 Å². The average molecular weight is 139 g/mol. The minimum absolute atomic E-state index is 0.155. The molecule has 1 rings (SSSR count). The van der Waals surface area contributed by atoms with Gasteiger partial charge in [-0.2, -0.15) is 0 Å². The Hall–Kier alpha value is -1.51. The predicted octanol–water partition coefficient (Wildman–Crippen LogP) is 0.967. The second-order valence-electron chi connectivity index (χ2n) is 1.89. The van der Waals surface area contributed by atoms with Crippen molar-refractivity contribution >= 4 is 11.7 Å². The van der Waals surface area contributed by atoms with Crippen molar-refractivity contribution in [2.24, 2.45) is 0 Å². The Morgan fingerprint density at radius 2 is 2.00 bits per heavy atom. The van der Waals surface area contributed by atoms with Gasteiger partial charge >= 0.3 is 5.97 Å². The van der Waals surface area contributed by atoms with Crippen LogP contribution in [0.1, 0.15) is 10.4 Å². The lowest BCUT2D eigenvalue weighted by atomic mass is 10.3. The fraction of sp³-hybridized carbons (Fsp3) is 0. The predicted molar refractivity (Wildman–Crippen MR) is 37.8 cm³/mol. The molecule has 0 spiro atoms. The van der Waals surface area contributed by atoms with E-state index in [-0.39, 0.29) is 5.56 Å². The van der Waals surface area contributed by atoms with Gasteiger partial charge in [0.2, 0.25) is 0 Å². The van der Waals surface area contributed by atoms with Gasteiger partial charge in [-0.3, -0.25) is 0 Å². The molecule has 0 bridgehead atoms. The van der Waals surface area contributed by atoms with E-state index in [1.165, 1.54) is 6.07 Å². The van der Waals surface area contributed by atoms with E-state index in [0.717, 1.165) is 0 Å². The SMILES string of the molecule is Nc1ccccc1[14C](=O)O. The second-order valence-corrected chi connectivity index (χ2v) is 1.89. The summed E-state index contributed by atoms with van der Waals surface area (Å²) in [7, 11) is 0. The first-order valence-corrected chi connectivity index (χ1v) is 2.79. The Bertz CT molecular complexity index is 258. The van der Waals surface area contributed by atoms with Crippen molar-refractivity contribution in [1.82, 2.24) is 0 Å². The summed E-state index contributed by atoms with van der Waals surface area (Å²) in [5, 5.41) is 8.49. The molecule has 0 fully saturated rings. The maximum atomic E-state index is 10.3. The zero-order chi connectivity index (χ0) is 7.56. The van der Waals surface area contributed by atoms with E-state index in [1.807, 2.05) is 0 Å². The maximum absolute atomic E-state index is 10.3. The molecule has 0 saturated heterocycles. The number of hydrogen-bond acceptors (Lipinski definition) is 2. The third-order valence-electron chi connectivity index (χ3n) is 1.19. The first-order valence-electron chi connectivity index (χ1n) is 2.79. The van der Waals surface area contributed by atoms with E-state index in [2.05, 4.69) is 0 Å². The zero-order valence-corrected chi connectivity index (χ0v) is 5.24. The van der Waals surface area contributed by atoms with Crippen LogP contribution in [0.3, 0.4) is 0 Å². The summed E-state index contributed by atoms with van der Waals surface area (Å²) in [4.78, 5) is 10.3. The number of carboxylic acids is 1. The van der Waals surface area contributed by atoms with Crippen LogP contribution in [0.15, 0.2) is 24.3 Å². The lowest BCUT2D eigenvalue weighted by Crippen LogP contribution is -2.00. The van der Waals surface area contributed by atoms with Crippen LogP contribution >= 0.6 is 0 Å². The van der Waals surface area contributed by atoms with Crippen molar-refractivity contribution in [3.05, 3.63) is 29.8 Å². The third-order valence-corrected chi connectivity index (χ3v) is 1.19. The highest BCUT2D eigenvalue weighted by Gasteiger charge is 2.03. The van der Waals surface area contributed by atoms with Gasteiger partial charge in [-0.1, -0.05) is 12.1 Å². The minimum atomic E-state index is -0.988. The van der Waals surface area contributed by atoms with Gasteiger partial charge < -0.3 is 10.8 Å². The van der Waals surface area contributed by atoms with Crippen LogP contribution in [-0.4, -0.2) is 11.1 Å². The Labute approximate surface area is 58.1 Å². The first-order chi connectivity index (χ1) is 4.72. The largest absolute Gasteiger partial charge is 0.478 e. The number of nitrogen functional groups attached to an aromatic ring is 1. The molecule has 0 aliphatic carbocycles. The van der Waals surface area contributed by atoms with Gasteiger partial charge in [0, 0.05) is 5.69 Å². The summed E-state index contributed by atoms with van der Waals surface area (Å²) in [5.74, 6) is -0.988. The van der Waals surface area contributed by atoms with Gasteiger partial charge in [0.15, 0.2) is 0 Å². The molecule has 3 nitrogen and oxygen atoms in total. The number of anilines is 1. The summed E-state index contributed by atoms with van der Waals surface area (Å²) >= 11 is 0. The van der Waals surface area contributed by atoms with E-state index in [4.69, 9.17) is 10.8 Å². The van der Waals surface area contributed by atoms with E-state index >= 15 is 0 Å². The Morgan fingerprint density at radius 3 is 2.40 bits per heavy atom. The molecule has 0 atom stereocenters. The molecule has 1 aromatic rings. The van der Waals surface area contributed by atoms with Crippen LogP contribution in [0.2, 0.25) is 0 Å². The van der Waals surface area contributed by atoms with Crippen molar-refractivity contribution < 1.29 is 9.90 Å². The Morgan fingerprint density at radius 1 is 1.40 bits per heavy atom. The molecule has 0 heterocycles. The number of aromatic carboxylic acids is 1. The van der Waals surface area contributed by atoms with E-state index in [1.54, 1.807) is 18.2 Å². The van der Waals surface area contributed by atoms with Crippen molar-refractivity contribution in [2.75, 3.05) is 5.73 Å². The summed E-state index contributed by atoms with van der Waals surface area (Å²) in [6, 6.07) is 6.36. The normalized spacial score (nSPS) is 9.20. The fourth-order valence-electron chi connectivity index (χ4n) is 0.692. The van der Waals surface area contributed by atoms with Gasteiger partial charge in [-0.25, -0.2) is 4.79 Å². The zero-order valence-electron chi connectivity index (χ0n) is 5.24. The van der Waals surface area contributed by atoms with Crippen LogP contribution in [0, 0.1) is 0 Å². The number of benzene rings is 1. The number of para-hydroxylation sites is 1. The minimum Gasteiger partial charge on any atom is -0.478 e.